The number of hydrogen-bond acceptors (Lipinski definition) is 6. The first-order valence-corrected chi connectivity index (χ1v) is 8.75. The molecule has 0 bridgehead atoms. The first-order chi connectivity index (χ1) is 9.74. The molecular weight excluding hydrogens is 272 g/mol. The Morgan fingerprint density at radius 3 is 3.00 bits per heavy atom. The highest BCUT2D eigenvalue weighted by Gasteiger charge is 2.27. The molecule has 1 aliphatic heterocycles. The van der Waals surface area contributed by atoms with Crippen LogP contribution in [0.1, 0.15) is 43.4 Å². The van der Waals surface area contributed by atoms with Crippen molar-refractivity contribution in [3.8, 4) is 0 Å². The largest absolute Gasteiger partial charge is 0.339 e. The Hall–Kier alpha value is -0.590. The van der Waals surface area contributed by atoms with Crippen molar-refractivity contribution in [2.24, 2.45) is 11.7 Å². The minimum absolute atomic E-state index is 0.171. The number of rotatable bonds is 4. The van der Waals surface area contributed by atoms with Gasteiger partial charge in [0.05, 0.1) is 6.04 Å². The second-order valence-corrected chi connectivity index (χ2v) is 7.18. The molecule has 5 nitrogen and oxygen atoms in total. The van der Waals surface area contributed by atoms with Gasteiger partial charge in [0.2, 0.25) is 5.89 Å². The summed E-state index contributed by atoms with van der Waals surface area (Å²) in [4.78, 5) is 6.89. The van der Waals surface area contributed by atoms with Gasteiger partial charge in [-0.2, -0.15) is 16.7 Å². The van der Waals surface area contributed by atoms with E-state index in [4.69, 9.17) is 10.3 Å². The molecule has 1 aromatic rings. The van der Waals surface area contributed by atoms with Crippen LogP contribution in [0.2, 0.25) is 0 Å². The van der Waals surface area contributed by atoms with Gasteiger partial charge in [-0.1, -0.05) is 18.0 Å². The molecule has 6 heteroatoms. The van der Waals surface area contributed by atoms with E-state index in [9.17, 15) is 0 Å². The number of nitrogens with zero attached hydrogens (tertiary/aromatic N) is 3. The van der Waals surface area contributed by atoms with E-state index < -0.39 is 0 Å². The van der Waals surface area contributed by atoms with E-state index in [1.807, 2.05) is 11.8 Å². The summed E-state index contributed by atoms with van der Waals surface area (Å²) < 4.78 is 5.42. The Kier molecular flexibility index (Phi) is 4.63. The van der Waals surface area contributed by atoms with Crippen LogP contribution >= 0.6 is 11.8 Å². The lowest BCUT2D eigenvalue weighted by Gasteiger charge is -2.29. The monoisotopic (exact) mass is 296 g/mol. The highest BCUT2D eigenvalue weighted by atomic mass is 32.2. The second kappa shape index (κ2) is 6.45. The Morgan fingerprint density at radius 1 is 1.45 bits per heavy atom. The van der Waals surface area contributed by atoms with Gasteiger partial charge in [-0.25, -0.2) is 0 Å². The first kappa shape index (κ1) is 14.4. The van der Waals surface area contributed by atoms with Crippen molar-refractivity contribution >= 4 is 11.8 Å². The van der Waals surface area contributed by atoms with Gasteiger partial charge < -0.3 is 10.3 Å². The van der Waals surface area contributed by atoms with Crippen molar-refractivity contribution in [2.45, 2.75) is 44.2 Å². The summed E-state index contributed by atoms with van der Waals surface area (Å²) in [7, 11) is 2.13. The Labute approximate surface area is 124 Å². The molecule has 2 N–H and O–H groups in total. The highest BCUT2D eigenvalue weighted by molar-refractivity contribution is 7.99. The van der Waals surface area contributed by atoms with Gasteiger partial charge in [0.25, 0.3) is 0 Å². The van der Waals surface area contributed by atoms with Gasteiger partial charge >= 0.3 is 0 Å². The minimum Gasteiger partial charge on any atom is -0.339 e. The average Bonchev–Trinajstić information content (AvgIpc) is 3.10. The zero-order valence-electron chi connectivity index (χ0n) is 12.1. The predicted octanol–water partition coefficient (Wildman–Crippen LogP) is 1.85. The molecule has 1 aliphatic carbocycles. The van der Waals surface area contributed by atoms with Crippen LogP contribution in [0, 0.1) is 5.92 Å². The Morgan fingerprint density at radius 2 is 2.25 bits per heavy atom. The molecule has 1 saturated carbocycles. The molecule has 2 fully saturated rings. The minimum atomic E-state index is 0.171. The van der Waals surface area contributed by atoms with E-state index in [1.165, 1.54) is 31.4 Å². The summed E-state index contributed by atoms with van der Waals surface area (Å²) >= 11 is 1.96. The average molecular weight is 296 g/mol. The zero-order chi connectivity index (χ0) is 13.9. The molecule has 0 aromatic carbocycles. The molecule has 1 saturated heterocycles. The van der Waals surface area contributed by atoms with Crippen LogP contribution in [0.3, 0.4) is 0 Å². The fourth-order valence-electron chi connectivity index (χ4n) is 3.20. The molecule has 3 rings (SSSR count). The maximum absolute atomic E-state index is 6.28. The lowest BCUT2D eigenvalue weighted by atomic mass is 9.96. The van der Waals surface area contributed by atoms with Crippen LogP contribution < -0.4 is 5.73 Å². The van der Waals surface area contributed by atoms with Gasteiger partial charge in [-0.3, -0.25) is 4.90 Å². The van der Waals surface area contributed by atoms with Gasteiger partial charge in [0.1, 0.15) is 0 Å². The molecule has 20 heavy (non-hydrogen) atoms. The maximum Gasteiger partial charge on any atom is 0.228 e. The van der Waals surface area contributed by atoms with Crippen molar-refractivity contribution in [3.63, 3.8) is 0 Å². The number of hydrogen-bond donors (Lipinski definition) is 1. The summed E-state index contributed by atoms with van der Waals surface area (Å²) in [5.74, 6) is 4.41. The van der Waals surface area contributed by atoms with E-state index in [0.29, 0.717) is 11.8 Å². The van der Waals surface area contributed by atoms with E-state index in [0.717, 1.165) is 24.5 Å². The molecule has 2 heterocycles. The molecule has 2 unspecified atom stereocenters. The third-order valence-corrected chi connectivity index (χ3v) is 5.62. The van der Waals surface area contributed by atoms with E-state index in [-0.39, 0.29) is 12.1 Å². The van der Waals surface area contributed by atoms with Crippen LogP contribution in [0.15, 0.2) is 4.52 Å². The Bertz CT molecular complexity index is 433. The van der Waals surface area contributed by atoms with Crippen LogP contribution in [0.25, 0.3) is 0 Å². The van der Waals surface area contributed by atoms with E-state index >= 15 is 0 Å². The predicted molar refractivity (Wildman–Crippen MR) is 80.6 cm³/mol. The van der Waals surface area contributed by atoms with Crippen molar-refractivity contribution in [1.29, 1.82) is 0 Å². The molecule has 112 valence electrons. The van der Waals surface area contributed by atoms with Crippen LogP contribution in [-0.2, 0) is 6.42 Å². The van der Waals surface area contributed by atoms with Crippen molar-refractivity contribution in [1.82, 2.24) is 15.0 Å². The van der Waals surface area contributed by atoms with Gasteiger partial charge in [0.15, 0.2) is 5.82 Å². The van der Waals surface area contributed by atoms with Crippen molar-refractivity contribution in [2.75, 3.05) is 25.1 Å². The number of aromatic nitrogens is 2. The SMILES string of the molecule is CN1CCSCC1c1noc(CC(N)C2CCCC2)n1. The smallest absolute Gasteiger partial charge is 0.228 e. The lowest BCUT2D eigenvalue weighted by molar-refractivity contribution is 0.256. The fourth-order valence-corrected chi connectivity index (χ4v) is 4.41. The summed E-state index contributed by atoms with van der Waals surface area (Å²) in [5, 5.41) is 4.17. The molecule has 2 aliphatic rings. The van der Waals surface area contributed by atoms with Gasteiger partial charge in [-0.15, -0.1) is 0 Å². The maximum atomic E-state index is 6.28. The quantitative estimate of drug-likeness (QED) is 0.914. The summed E-state index contributed by atoms with van der Waals surface area (Å²) in [6, 6.07) is 0.457. The standard InChI is InChI=1S/C14H24N4OS/c1-18-6-7-20-9-12(18)14-16-13(19-17-14)8-11(15)10-4-2-3-5-10/h10-12H,2-9,15H2,1H3. The molecular formula is C14H24N4OS. The molecule has 2 atom stereocenters. The van der Waals surface area contributed by atoms with Crippen molar-refractivity contribution < 1.29 is 4.52 Å². The molecule has 0 spiro atoms. The number of nitrogens with two attached hydrogens (primary N) is 1. The second-order valence-electron chi connectivity index (χ2n) is 6.03. The third kappa shape index (κ3) is 3.18. The molecule has 1 aromatic heterocycles. The normalized spacial score (nSPS) is 27.0. The summed E-state index contributed by atoms with van der Waals surface area (Å²) in [6.45, 7) is 1.08. The van der Waals surface area contributed by atoms with Gasteiger partial charge in [-0.05, 0) is 25.8 Å². The van der Waals surface area contributed by atoms with Crippen LogP contribution in [-0.4, -0.2) is 46.2 Å². The van der Waals surface area contributed by atoms with Crippen molar-refractivity contribution in [3.05, 3.63) is 11.7 Å². The highest BCUT2D eigenvalue weighted by Crippen LogP contribution is 2.29. The van der Waals surface area contributed by atoms with E-state index in [1.54, 1.807) is 0 Å². The van der Waals surface area contributed by atoms with Gasteiger partial charge in [0, 0.05) is 30.5 Å². The zero-order valence-corrected chi connectivity index (χ0v) is 12.9. The molecule has 0 radical (unpaired) electrons. The van der Waals surface area contributed by atoms with E-state index in [2.05, 4.69) is 22.1 Å². The third-order valence-electron chi connectivity index (χ3n) is 4.59. The Balaban J connectivity index is 1.61. The molecule has 0 amide bonds. The van der Waals surface area contributed by atoms with Crippen LogP contribution in [0.4, 0.5) is 0 Å². The van der Waals surface area contributed by atoms with Crippen LogP contribution in [0.5, 0.6) is 0 Å². The first-order valence-electron chi connectivity index (χ1n) is 7.60. The number of thioether (sulfide) groups is 1. The fraction of sp³-hybridized carbons (Fsp3) is 0.857. The lowest BCUT2D eigenvalue weighted by Crippen LogP contribution is -2.33. The summed E-state index contributed by atoms with van der Waals surface area (Å²) in [6.07, 6.45) is 5.87. The summed E-state index contributed by atoms with van der Waals surface area (Å²) in [5.41, 5.74) is 6.28. The topological polar surface area (TPSA) is 68.2 Å².